The number of fused-ring (bicyclic) bond motifs is 2. The average molecular weight is 459 g/mol. The van der Waals surface area contributed by atoms with Gasteiger partial charge in [-0.05, 0) is 18.6 Å². The van der Waals surface area contributed by atoms with Crippen molar-refractivity contribution in [2.24, 2.45) is 11.1 Å². The Morgan fingerprint density at radius 2 is 2.06 bits per heavy atom. The number of anilines is 1. The Labute approximate surface area is 183 Å². The Balaban J connectivity index is 1.42. The van der Waals surface area contributed by atoms with Gasteiger partial charge in [0, 0.05) is 40.8 Å². The van der Waals surface area contributed by atoms with Crippen LogP contribution in [0.15, 0.2) is 48.8 Å². The molecule has 3 heterocycles. The number of nitrogens with one attached hydrogen (secondary N) is 2. The van der Waals surface area contributed by atoms with Crippen molar-refractivity contribution in [2.45, 2.75) is 24.7 Å². The van der Waals surface area contributed by atoms with Crippen molar-refractivity contribution < 1.29 is 22.8 Å². The van der Waals surface area contributed by atoms with Crippen LogP contribution in [0.3, 0.4) is 0 Å². The zero-order chi connectivity index (χ0) is 22.5. The number of nitrogens with zero attached hydrogens (tertiary/aromatic N) is 3. The van der Waals surface area contributed by atoms with Gasteiger partial charge in [-0.25, -0.2) is 10.1 Å². The average Bonchev–Trinajstić information content (AvgIpc) is 3.44. The topological polar surface area (TPSA) is 168 Å². The van der Waals surface area contributed by atoms with Gasteiger partial charge in [0.05, 0.1) is 24.4 Å². The molecule has 3 aromatic heterocycles. The lowest BCUT2D eigenvalue weighted by Gasteiger charge is -2.19. The van der Waals surface area contributed by atoms with Gasteiger partial charge in [0.15, 0.2) is 5.65 Å². The summed E-state index contributed by atoms with van der Waals surface area (Å²) in [5, 5.41) is 34.5. The van der Waals surface area contributed by atoms with Gasteiger partial charge in [0.1, 0.15) is 11.9 Å². The third kappa shape index (κ3) is 3.82. The standard InChI is InChI=1S/C20H22N6O5S/c21-32(29,30)31-10-11-7-16(20(28)19(11)27)24-17-5-6-22-18-8-15(25-26(17)18)13-9-23-14-4-2-1-3-12(13)14/h1-6,8-9,11,16,19-20,23-24,27-28H,7,10H2,(H2,21,29,30)/t11?,16-,19-,20+/m1/s1. The van der Waals surface area contributed by atoms with Crippen LogP contribution in [0.2, 0.25) is 0 Å². The quantitative estimate of drug-likeness (QED) is 0.280. The molecule has 1 fully saturated rings. The lowest BCUT2D eigenvalue weighted by Crippen LogP contribution is -2.36. The number of para-hydroxylation sites is 1. The maximum atomic E-state index is 11.1. The number of H-pyrrole nitrogens is 1. The molecule has 1 aliphatic rings. The maximum Gasteiger partial charge on any atom is 0.333 e. The summed E-state index contributed by atoms with van der Waals surface area (Å²) in [7, 11) is -4.13. The summed E-state index contributed by atoms with van der Waals surface area (Å²) >= 11 is 0. The van der Waals surface area contributed by atoms with E-state index in [1.165, 1.54) is 0 Å². The minimum absolute atomic E-state index is 0.276. The van der Waals surface area contributed by atoms with Gasteiger partial charge < -0.3 is 20.5 Å². The fourth-order valence-electron chi connectivity index (χ4n) is 4.22. The van der Waals surface area contributed by atoms with Crippen LogP contribution < -0.4 is 10.5 Å². The molecule has 1 aromatic carbocycles. The van der Waals surface area contributed by atoms with Gasteiger partial charge in [-0.3, -0.25) is 4.18 Å². The first kappa shape index (κ1) is 20.8. The van der Waals surface area contributed by atoms with Crippen molar-refractivity contribution >= 4 is 32.7 Å². The van der Waals surface area contributed by atoms with Crippen LogP contribution in [0.4, 0.5) is 5.82 Å². The lowest BCUT2D eigenvalue weighted by atomic mass is 10.1. The van der Waals surface area contributed by atoms with E-state index in [1.807, 2.05) is 36.5 Å². The molecule has 12 heteroatoms. The van der Waals surface area contributed by atoms with Gasteiger partial charge in [0.25, 0.3) is 0 Å². The third-order valence-electron chi connectivity index (χ3n) is 5.80. The predicted molar refractivity (Wildman–Crippen MR) is 117 cm³/mol. The molecule has 1 saturated carbocycles. The minimum Gasteiger partial charge on any atom is -0.390 e. The van der Waals surface area contributed by atoms with E-state index in [4.69, 9.17) is 5.14 Å². The molecular weight excluding hydrogens is 436 g/mol. The second-order valence-electron chi connectivity index (χ2n) is 7.88. The van der Waals surface area contributed by atoms with Crippen LogP contribution in [0.1, 0.15) is 6.42 Å². The van der Waals surface area contributed by atoms with E-state index in [1.54, 1.807) is 16.8 Å². The molecule has 1 unspecified atom stereocenters. The zero-order valence-electron chi connectivity index (χ0n) is 16.8. The van der Waals surface area contributed by atoms with Crippen LogP contribution >= 0.6 is 0 Å². The summed E-state index contributed by atoms with van der Waals surface area (Å²) in [6.07, 6.45) is 1.50. The third-order valence-corrected chi connectivity index (χ3v) is 6.27. The highest BCUT2D eigenvalue weighted by Gasteiger charge is 2.42. The maximum absolute atomic E-state index is 11.1. The molecule has 0 amide bonds. The molecule has 11 nitrogen and oxygen atoms in total. The zero-order valence-corrected chi connectivity index (χ0v) is 17.6. The number of benzene rings is 1. The van der Waals surface area contributed by atoms with Gasteiger partial charge in [-0.15, -0.1) is 0 Å². The number of hydrogen-bond donors (Lipinski definition) is 5. The van der Waals surface area contributed by atoms with Crippen LogP contribution in [0.5, 0.6) is 0 Å². The first-order chi connectivity index (χ1) is 15.3. The molecule has 0 spiro atoms. The predicted octanol–water partition coefficient (Wildman–Crippen LogP) is 0.620. The molecule has 168 valence electrons. The first-order valence-corrected chi connectivity index (χ1v) is 11.5. The highest BCUT2D eigenvalue weighted by molar-refractivity contribution is 7.84. The van der Waals surface area contributed by atoms with Crippen molar-refractivity contribution in [3.8, 4) is 11.3 Å². The van der Waals surface area contributed by atoms with E-state index < -0.39 is 34.5 Å². The fraction of sp³-hybridized carbons (Fsp3) is 0.300. The number of aliphatic hydroxyl groups is 2. The Hall–Kier alpha value is -3.03. The molecule has 4 aromatic rings. The largest absolute Gasteiger partial charge is 0.390 e. The number of hydrogen-bond acceptors (Lipinski definition) is 8. The number of aromatic nitrogens is 4. The molecule has 0 aliphatic heterocycles. The molecule has 32 heavy (non-hydrogen) atoms. The Bertz CT molecular complexity index is 1380. The highest BCUT2D eigenvalue weighted by Crippen LogP contribution is 2.31. The van der Waals surface area contributed by atoms with Crippen molar-refractivity contribution in [3.05, 3.63) is 48.8 Å². The SMILES string of the molecule is NS(=O)(=O)OCC1C[C@@H](Nc2ccnc3cc(-c4c[nH]c5ccccc45)nn23)[C@H](O)[C@@H]1O. The Kier molecular flexibility index (Phi) is 5.10. The Morgan fingerprint density at radius 3 is 2.88 bits per heavy atom. The van der Waals surface area contributed by atoms with Crippen molar-refractivity contribution in [1.82, 2.24) is 19.6 Å². The fourth-order valence-corrected chi connectivity index (χ4v) is 4.59. The monoisotopic (exact) mass is 458 g/mol. The molecule has 6 N–H and O–H groups in total. The van der Waals surface area contributed by atoms with E-state index in [0.717, 1.165) is 22.2 Å². The molecule has 1 aliphatic carbocycles. The Morgan fingerprint density at radius 1 is 1.25 bits per heavy atom. The molecule has 5 rings (SSSR count). The van der Waals surface area contributed by atoms with Gasteiger partial charge >= 0.3 is 10.3 Å². The summed E-state index contributed by atoms with van der Waals surface area (Å²) < 4.78 is 28.3. The van der Waals surface area contributed by atoms with Crippen molar-refractivity contribution in [1.29, 1.82) is 0 Å². The van der Waals surface area contributed by atoms with Crippen LogP contribution in [0.25, 0.3) is 27.8 Å². The number of aromatic amines is 1. The summed E-state index contributed by atoms with van der Waals surface area (Å²) in [4.78, 5) is 7.60. The van der Waals surface area contributed by atoms with E-state index >= 15 is 0 Å². The minimum atomic E-state index is -4.13. The van der Waals surface area contributed by atoms with Crippen LogP contribution in [0, 0.1) is 5.92 Å². The molecule has 0 bridgehead atoms. The summed E-state index contributed by atoms with van der Waals surface area (Å²) in [5.74, 6) is -0.0251. The van der Waals surface area contributed by atoms with Gasteiger partial charge in [-0.1, -0.05) is 18.2 Å². The van der Waals surface area contributed by atoms with Crippen LogP contribution in [-0.2, 0) is 14.5 Å². The van der Waals surface area contributed by atoms with Crippen LogP contribution in [-0.4, -0.2) is 63.1 Å². The smallest absolute Gasteiger partial charge is 0.333 e. The molecule has 0 radical (unpaired) electrons. The second-order valence-corrected chi connectivity index (χ2v) is 9.10. The summed E-state index contributed by atoms with van der Waals surface area (Å²) in [5.41, 5.74) is 3.28. The molecule has 4 atom stereocenters. The second kappa shape index (κ2) is 7.83. The first-order valence-electron chi connectivity index (χ1n) is 10.0. The summed E-state index contributed by atoms with van der Waals surface area (Å²) in [6.45, 7) is -0.312. The lowest BCUT2D eigenvalue weighted by molar-refractivity contribution is 0.00777. The van der Waals surface area contributed by atoms with E-state index in [0.29, 0.717) is 11.5 Å². The molecule has 0 saturated heterocycles. The summed E-state index contributed by atoms with van der Waals surface area (Å²) in [6, 6.07) is 10.9. The van der Waals surface area contributed by atoms with E-state index in [9.17, 15) is 18.6 Å². The van der Waals surface area contributed by atoms with E-state index in [-0.39, 0.29) is 13.0 Å². The normalized spacial score (nSPS) is 23.8. The van der Waals surface area contributed by atoms with Crippen molar-refractivity contribution in [3.63, 3.8) is 0 Å². The van der Waals surface area contributed by atoms with Crippen molar-refractivity contribution in [2.75, 3.05) is 11.9 Å². The van der Waals surface area contributed by atoms with E-state index in [2.05, 4.69) is 24.6 Å². The number of nitrogens with two attached hydrogens (primary N) is 1. The van der Waals surface area contributed by atoms with Gasteiger partial charge in [-0.2, -0.15) is 18.0 Å². The van der Waals surface area contributed by atoms with Gasteiger partial charge in [0.2, 0.25) is 0 Å². The molecular formula is C20H22N6O5S. The highest BCUT2D eigenvalue weighted by atomic mass is 32.2. The number of aliphatic hydroxyl groups excluding tert-OH is 2. The number of rotatable bonds is 6.